The van der Waals surface area contributed by atoms with Crippen LogP contribution in [0.5, 0.6) is 11.8 Å². The van der Waals surface area contributed by atoms with Gasteiger partial charge in [-0.1, -0.05) is 0 Å². The van der Waals surface area contributed by atoms with Crippen molar-refractivity contribution in [3.05, 3.63) is 46.6 Å². The molecule has 5 heterocycles. The number of halogens is 1. The van der Waals surface area contributed by atoms with Crippen LogP contribution < -0.4 is 15.4 Å². The highest BCUT2D eigenvalue weighted by molar-refractivity contribution is 6.28. The average Bonchev–Trinajstić information content (AvgIpc) is 3.10. The predicted octanol–water partition coefficient (Wildman–Crippen LogP) is 3.83. The van der Waals surface area contributed by atoms with Crippen LogP contribution in [0.2, 0.25) is 5.28 Å². The summed E-state index contributed by atoms with van der Waals surface area (Å²) in [5.41, 5.74) is 3.60. The van der Waals surface area contributed by atoms with Crippen molar-refractivity contribution in [3.8, 4) is 11.8 Å². The third-order valence-electron chi connectivity index (χ3n) is 5.62. The van der Waals surface area contributed by atoms with Crippen molar-refractivity contribution in [2.24, 2.45) is 0 Å². The monoisotopic (exact) mass is 451 g/mol. The van der Waals surface area contributed by atoms with Crippen molar-refractivity contribution in [3.63, 3.8) is 0 Å². The molecule has 0 bridgehead atoms. The van der Waals surface area contributed by atoms with E-state index in [0.29, 0.717) is 54.7 Å². The van der Waals surface area contributed by atoms with Crippen molar-refractivity contribution in [2.45, 2.75) is 26.0 Å². The van der Waals surface area contributed by atoms with Crippen molar-refractivity contribution in [1.82, 2.24) is 20.3 Å². The average molecular weight is 452 g/mol. The van der Waals surface area contributed by atoms with Gasteiger partial charge in [0.05, 0.1) is 41.1 Å². The smallest absolute Gasteiger partial charge is 0.289 e. The van der Waals surface area contributed by atoms with Crippen molar-refractivity contribution < 1.29 is 18.7 Å². The van der Waals surface area contributed by atoms with Crippen molar-refractivity contribution >= 4 is 45.1 Å². The van der Waals surface area contributed by atoms with E-state index in [1.807, 2.05) is 19.1 Å². The highest BCUT2D eigenvalue weighted by Crippen LogP contribution is 2.38. The van der Waals surface area contributed by atoms with Crippen LogP contribution in [0.25, 0.3) is 21.9 Å². The van der Waals surface area contributed by atoms with Gasteiger partial charge < -0.3 is 24.5 Å². The Hall–Kier alpha value is -3.43. The molecule has 32 heavy (non-hydrogen) atoms. The summed E-state index contributed by atoms with van der Waals surface area (Å²) < 4.78 is 17.4. The third kappa shape index (κ3) is 3.12. The number of pyridine rings is 1. The van der Waals surface area contributed by atoms with Crippen LogP contribution in [-0.2, 0) is 17.8 Å². The molecule has 4 aromatic rings. The van der Waals surface area contributed by atoms with Gasteiger partial charge in [-0.25, -0.2) is 9.97 Å². The van der Waals surface area contributed by atoms with Crippen LogP contribution in [0.3, 0.4) is 0 Å². The standard InChI is InChI=1S/C22H18ClN5O4/c1-10-8-24-18-17-11-2-5-16(26-13(11)3-4-15(17)31-19(18)20(29)25-10)32-21-12-9-30-7-6-14(12)27-22(23)28-21/h2-5,10,24H,6-9H2,1H3,(H,25,29)/t10-/m1/s1. The first-order valence-corrected chi connectivity index (χ1v) is 10.7. The van der Waals surface area contributed by atoms with Crippen molar-refractivity contribution in [2.75, 3.05) is 18.5 Å². The maximum Gasteiger partial charge on any atom is 0.289 e. The molecule has 6 rings (SSSR count). The first-order chi connectivity index (χ1) is 15.6. The van der Waals surface area contributed by atoms with Crippen LogP contribution in [0.1, 0.15) is 28.7 Å². The van der Waals surface area contributed by atoms with Crippen LogP contribution in [0.4, 0.5) is 5.69 Å². The summed E-state index contributed by atoms with van der Waals surface area (Å²) in [7, 11) is 0. The number of nitrogens with zero attached hydrogens (tertiary/aromatic N) is 3. The van der Waals surface area contributed by atoms with Gasteiger partial charge in [-0.15, -0.1) is 0 Å². The number of aromatic nitrogens is 3. The number of hydrogen-bond donors (Lipinski definition) is 2. The number of furan rings is 1. The van der Waals surface area contributed by atoms with Crippen LogP contribution >= 0.6 is 11.6 Å². The Labute approximate surface area is 187 Å². The zero-order valence-corrected chi connectivity index (χ0v) is 17.8. The largest absolute Gasteiger partial charge is 0.449 e. The quantitative estimate of drug-likeness (QED) is 0.442. The minimum absolute atomic E-state index is 0.0113. The summed E-state index contributed by atoms with van der Waals surface area (Å²) in [6.45, 7) is 3.48. The van der Waals surface area contributed by atoms with E-state index in [4.69, 9.17) is 25.5 Å². The number of amides is 1. The molecule has 9 nitrogen and oxygen atoms in total. The van der Waals surface area contributed by atoms with Gasteiger partial charge in [-0.3, -0.25) is 4.79 Å². The molecular weight excluding hydrogens is 434 g/mol. The van der Waals surface area contributed by atoms with Gasteiger partial charge in [0.1, 0.15) is 5.58 Å². The summed E-state index contributed by atoms with van der Waals surface area (Å²) in [6.07, 6.45) is 0.655. The Bertz CT molecular complexity index is 1400. The minimum Gasteiger partial charge on any atom is -0.449 e. The van der Waals surface area contributed by atoms with Crippen molar-refractivity contribution in [1.29, 1.82) is 0 Å². The van der Waals surface area contributed by atoms with Crippen LogP contribution in [0, 0.1) is 0 Å². The summed E-state index contributed by atoms with van der Waals surface area (Å²) in [6, 6.07) is 7.28. The lowest BCUT2D eigenvalue weighted by molar-refractivity contribution is 0.0920. The highest BCUT2D eigenvalue weighted by Gasteiger charge is 2.27. The predicted molar refractivity (Wildman–Crippen MR) is 117 cm³/mol. The zero-order valence-electron chi connectivity index (χ0n) is 17.1. The Kier molecular flexibility index (Phi) is 4.41. The molecule has 162 valence electrons. The molecule has 0 aliphatic carbocycles. The van der Waals surface area contributed by atoms with Gasteiger partial charge in [-0.2, -0.15) is 4.98 Å². The Morgan fingerprint density at radius 1 is 1.19 bits per heavy atom. The summed E-state index contributed by atoms with van der Waals surface area (Å²) in [5, 5.41) is 8.03. The molecule has 0 saturated heterocycles. The van der Waals surface area contributed by atoms with E-state index < -0.39 is 0 Å². The van der Waals surface area contributed by atoms with E-state index >= 15 is 0 Å². The second-order valence-corrected chi connectivity index (χ2v) is 8.18. The number of carbonyl (C=O) groups excluding carboxylic acids is 1. The molecule has 2 N–H and O–H groups in total. The van der Waals surface area contributed by atoms with E-state index in [1.165, 1.54) is 0 Å². The molecular formula is C22H18ClN5O4. The maximum atomic E-state index is 12.5. The number of rotatable bonds is 2. The number of nitrogens with one attached hydrogen (secondary N) is 2. The van der Waals surface area contributed by atoms with Gasteiger partial charge >= 0.3 is 0 Å². The number of carbonyl (C=O) groups is 1. The molecule has 0 fully saturated rings. The lowest BCUT2D eigenvalue weighted by atomic mass is 10.1. The molecule has 1 atom stereocenters. The second kappa shape index (κ2) is 7.32. The van der Waals surface area contributed by atoms with Gasteiger partial charge in [0, 0.05) is 30.5 Å². The highest BCUT2D eigenvalue weighted by atomic mass is 35.5. The summed E-state index contributed by atoms with van der Waals surface area (Å²) in [4.78, 5) is 25.7. The molecule has 1 amide bonds. The van der Waals surface area contributed by atoms with Gasteiger partial charge in [0.15, 0.2) is 0 Å². The minimum atomic E-state index is -0.234. The summed E-state index contributed by atoms with van der Waals surface area (Å²) >= 11 is 6.09. The topological polar surface area (TPSA) is 111 Å². The summed E-state index contributed by atoms with van der Waals surface area (Å²) in [5.74, 6) is 0.757. The Morgan fingerprint density at radius 2 is 2.09 bits per heavy atom. The zero-order chi connectivity index (χ0) is 21.8. The van der Waals surface area contributed by atoms with E-state index in [0.717, 1.165) is 22.0 Å². The molecule has 0 saturated carbocycles. The molecule has 3 aromatic heterocycles. The lowest BCUT2D eigenvalue weighted by Crippen LogP contribution is -2.34. The molecule has 2 aliphatic rings. The number of anilines is 1. The number of ether oxygens (including phenoxy) is 2. The van der Waals surface area contributed by atoms with Gasteiger partial charge in [0.25, 0.3) is 5.91 Å². The molecule has 1 aromatic carbocycles. The number of fused-ring (bicyclic) bond motifs is 6. The second-order valence-electron chi connectivity index (χ2n) is 7.84. The first-order valence-electron chi connectivity index (χ1n) is 10.3. The van der Waals surface area contributed by atoms with Gasteiger partial charge in [-0.05, 0) is 36.7 Å². The van der Waals surface area contributed by atoms with Crippen LogP contribution in [-0.4, -0.2) is 40.1 Å². The normalized spacial score (nSPS) is 17.9. The molecule has 10 heteroatoms. The number of hydrogen-bond acceptors (Lipinski definition) is 8. The SMILES string of the molecule is C[C@@H]1CNc2c(oc3ccc4nc(Oc5nc(Cl)nc6c5COCC6)ccc4c23)C(=O)N1. The Balaban J connectivity index is 1.44. The van der Waals surface area contributed by atoms with E-state index in [-0.39, 0.29) is 23.0 Å². The number of benzene rings is 1. The molecule has 0 radical (unpaired) electrons. The fourth-order valence-corrected chi connectivity index (χ4v) is 4.30. The molecule has 0 spiro atoms. The molecule has 2 aliphatic heterocycles. The third-order valence-corrected chi connectivity index (χ3v) is 5.79. The van der Waals surface area contributed by atoms with E-state index in [9.17, 15) is 4.79 Å². The fraction of sp³-hybridized carbons (Fsp3) is 0.273. The van der Waals surface area contributed by atoms with E-state index in [2.05, 4.69) is 25.6 Å². The molecule has 0 unspecified atom stereocenters. The maximum absolute atomic E-state index is 12.5. The fourth-order valence-electron chi connectivity index (χ4n) is 4.12. The first kappa shape index (κ1) is 19.3. The van der Waals surface area contributed by atoms with Crippen LogP contribution in [0.15, 0.2) is 28.7 Å². The van der Waals surface area contributed by atoms with Gasteiger partial charge in [0.2, 0.25) is 22.8 Å². The Morgan fingerprint density at radius 3 is 3.00 bits per heavy atom. The lowest BCUT2D eigenvalue weighted by Gasteiger charge is -2.18. The van der Waals surface area contributed by atoms with E-state index in [1.54, 1.807) is 12.1 Å².